The molecule has 0 radical (unpaired) electrons. The minimum absolute atomic E-state index is 0.0575. The van der Waals surface area contributed by atoms with Crippen molar-refractivity contribution in [3.8, 4) is 11.5 Å². The molecule has 0 aliphatic carbocycles. The Morgan fingerprint density at radius 1 is 0.921 bits per heavy atom. The lowest BCUT2D eigenvalue weighted by atomic mass is 9.86. The highest BCUT2D eigenvalue weighted by Crippen LogP contribution is 2.31. The summed E-state index contributed by atoms with van der Waals surface area (Å²) >= 11 is 0. The summed E-state index contributed by atoms with van der Waals surface area (Å²) in [7, 11) is 0. The van der Waals surface area contributed by atoms with Gasteiger partial charge in [0.2, 0.25) is 0 Å². The molecule has 38 heavy (non-hydrogen) atoms. The van der Waals surface area contributed by atoms with Gasteiger partial charge in [-0.05, 0) is 42.9 Å². The van der Waals surface area contributed by atoms with Gasteiger partial charge in [-0.3, -0.25) is 9.59 Å². The number of rotatable bonds is 15. The molecule has 0 aromatic heterocycles. The second kappa shape index (κ2) is 15.8. The van der Waals surface area contributed by atoms with Gasteiger partial charge in [0.15, 0.2) is 11.5 Å². The Morgan fingerprint density at radius 2 is 1.47 bits per heavy atom. The molecule has 1 rings (SSSR count). The maximum absolute atomic E-state index is 12.2. The first-order valence-electron chi connectivity index (χ1n) is 12.8. The smallest absolute Gasteiger partial charge is 0.480 e. The summed E-state index contributed by atoms with van der Waals surface area (Å²) in [5.41, 5.74) is 4.80. The third kappa shape index (κ3) is 12.3. The second-order valence-electron chi connectivity index (χ2n) is 10.1. The number of esters is 1. The zero-order valence-corrected chi connectivity index (χ0v) is 23.1. The fourth-order valence-electron chi connectivity index (χ4n) is 3.29. The third-order valence-electron chi connectivity index (χ3n) is 5.13. The van der Waals surface area contributed by atoms with Crippen molar-refractivity contribution in [2.45, 2.75) is 85.3 Å². The molecule has 0 heterocycles. The monoisotopic (exact) mass is 539 g/mol. The van der Waals surface area contributed by atoms with E-state index >= 15 is 0 Å². The van der Waals surface area contributed by atoms with E-state index in [2.05, 4.69) is 0 Å². The lowest BCUT2D eigenvalue weighted by Crippen LogP contribution is -2.52. The summed E-state index contributed by atoms with van der Waals surface area (Å²) in [6.07, 6.45) is -1.41. The van der Waals surface area contributed by atoms with E-state index in [0.717, 1.165) is 6.42 Å². The van der Waals surface area contributed by atoms with Gasteiger partial charge in [-0.1, -0.05) is 47.1 Å². The fourth-order valence-corrected chi connectivity index (χ4v) is 3.29. The van der Waals surface area contributed by atoms with Crippen molar-refractivity contribution in [3.63, 3.8) is 0 Å². The summed E-state index contributed by atoms with van der Waals surface area (Å²) in [6, 6.07) is 4.16. The molecule has 0 amide bonds. The van der Waals surface area contributed by atoms with Crippen LogP contribution in [0.25, 0.3) is 0 Å². The predicted molar refractivity (Wildman–Crippen MR) is 138 cm³/mol. The summed E-state index contributed by atoms with van der Waals surface area (Å²) in [5, 5.41) is 9.88. The number of unbranched alkanes of at least 4 members (excludes halogenated alkanes) is 1. The quantitative estimate of drug-likeness (QED) is 0.178. The van der Waals surface area contributed by atoms with E-state index < -0.39 is 35.9 Å². The molecule has 1 aromatic rings. The van der Waals surface area contributed by atoms with Gasteiger partial charge in [-0.2, -0.15) is 0 Å². The average molecular weight is 540 g/mol. The molecular formula is C27H41NO10. The number of aliphatic carboxylic acids is 1. The number of hydrogen-bond acceptors (Lipinski definition) is 10. The van der Waals surface area contributed by atoms with Gasteiger partial charge in [0.25, 0.3) is 0 Å². The van der Waals surface area contributed by atoms with E-state index in [-0.39, 0.29) is 55.8 Å². The first kappa shape index (κ1) is 32.7. The van der Waals surface area contributed by atoms with E-state index in [1.807, 2.05) is 34.6 Å². The van der Waals surface area contributed by atoms with E-state index in [4.69, 9.17) is 29.4 Å². The van der Waals surface area contributed by atoms with E-state index in [0.29, 0.717) is 12.0 Å². The molecular weight excluding hydrogens is 498 g/mol. The highest BCUT2D eigenvalue weighted by Gasteiger charge is 2.37. The number of hydrogen-bond donors (Lipinski definition) is 2. The minimum Gasteiger partial charge on any atom is -0.480 e. The van der Waals surface area contributed by atoms with Crippen LogP contribution in [0.15, 0.2) is 18.2 Å². The molecule has 2 atom stereocenters. The molecule has 0 aliphatic rings. The summed E-state index contributed by atoms with van der Waals surface area (Å²) < 4.78 is 25.8. The van der Waals surface area contributed by atoms with Crippen LogP contribution in [0.3, 0.4) is 0 Å². The van der Waals surface area contributed by atoms with Crippen molar-refractivity contribution < 1.29 is 48.0 Å². The molecule has 11 nitrogen and oxygen atoms in total. The lowest BCUT2D eigenvalue weighted by Gasteiger charge is -2.28. The maximum Gasteiger partial charge on any atom is 0.513 e. The Morgan fingerprint density at radius 3 is 1.97 bits per heavy atom. The normalized spacial score (nSPS) is 13.4. The molecule has 0 fully saturated rings. The number of carboxylic acids is 1. The van der Waals surface area contributed by atoms with Gasteiger partial charge in [-0.15, -0.1) is 0 Å². The standard InChI is InChI=1S/C27H41NO10/c1-7-8-9-23(29)36-19(6)13-27(28,24(30)31)14-20-10-11-21(37-25(32)34-15-17(2)3)22(12-20)38-26(33)35-16-18(4)5/h10-12,17-19H,7-9,13-16,28H2,1-6H3,(H,30,31)/t19-,27?/m0/s1. The number of carbonyl (C=O) groups is 4. The SMILES string of the molecule is CCCCC(=O)O[C@@H](C)CC(N)(Cc1ccc(OC(=O)OCC(C)C)c(OC(=O)OCC(C)C)c1)C(=O)O. The lowest BCUT2D eigenvalue weighted by molar-refractivity contribution is -0.153. The molecule has 1 aromatic carbocycles. The molecule has 0 aliphatic heterocycles. The van der Waals surface area contributed by atoms with Crippen LogP contribution in [-0.4, -0.2) is 54.2 Å². The van der Waals surface area contributed by atoms with Crippen molar-refractivity contribution in [2.75, 3.05) is 13.2 Å². The van der Waals surface area contributed by atoms with Gasteiger partial charge in [-0.25, -0.2) is 9.59 Å². The molecule has 0 saturated carbocycles. The Bertz CT molecular complexity index is 946. The zero-order valence-electron chi connectivity index (χ0n) is 23.1. The van der Waals surface area contributed by atoms with E-state index in [1.54, 1.807) is 6.92 Å². The first-order chi connectivity index (χ1) is 17.7. The molecule has 3 N–H and O–H groups in total. The predicted octanol–water partition coefficient (Wildman–Crippen LogP) is 4.87. The number of ether oxygens (including phenoxy) is 5. The van der Waals surface area contributed by atoms with Crippen LogP contribution in [0.1, 0.15) is 72.8 Å². The molecule has 214 valence electrons. The van der Waals surface area contributed by atoms with Crippen molar-refractivity contribution in [2.24, 2.45) is 17.6 Å². The number of carboxylic acid groups (broad SMARTS) is 1. The van der Waals surface area contributed by atoms with E-state index in [9.17, 15) is 24.3 Å². The third-order valence-corrected chi connectivity index (χ3v) is 5.13. The molecule has 0 spiro atoms. The second-order valence-corrected chi connectivity index (χ2v) is 10.1. The fraction of sp³-hybridized carbons (Fsp3) is 0.630. The van der Waals surface area contributed by atoms with Crippen molar-refractivity contribution in [1.82, 2.24) is 0 Å². The van der Waals surface area contributed by atoms with Crippen LogP contribution in [0.2, 0.25) is 0 Å². The van der Waals surface area contributed by atoms with Crippen molar-refractivity contribution in [1.29, 1.82) is 0 Å². The maximum atomic E-state index is 12.2. The molecule has 0 saturated heterocycles. The van der Waals surface area contributed by atoms with Gasteiger partial charge in [0.05, 0.1) is 13.2 Å². The van der Waals surface area contributed by atoms with Gasteiger partial charge in [0.1, 0.15) is 11.6 Å². The molecule has 0 bridgehead atoms. The summed E-state index contributed by atoms with van der Waals surface area (Å²) in [5.74, 6) is -1.89. The van der Waals surface area contributed by atoms with Gasteiger partial charge in [0, 0.05) is 19.3 Å². The van der Waals surface area contributed by atoms with Crippen molar-refractivity contribution >= 4 is 24.2 Å². The molecule has 11 heteroatoms. The van der Waals surface area contributed by atoms with Crippen LogP contribution < -0.4 is 15.2 Å². The number of nitrogens with two attached hydrogens (primary N) is 1. The van der Waals surface area contributed by atoms with E-state index in [1.165, 1.54) is 18.2 Å². The Balaban J connectivity index is 3.13. The highest BCUT2D eigenvalue weighted by molar-refractivity contribution is 5.79. The van der Waals surface area contributed by atoms with Crippen LogP contribution in [0.5, 0.6) is 11.5 Å². The summed E-state index contributed by atoms with van der Waals surface area (Å²) in [4.78, 5) is 48.4. The van der Waals surface area contributed by atoms with Crippen molar-refractivity contribution in [3.05, 3.63) is 23.8 Å². The van der Waals surface area contributed by atoms with Crippen LogP contribution >= 0.6 is 0 Å². The number of carbonyl (C=O) groups excluding carboxylic acids is 3. The first-order valence-corrected chi connectivity index (χ1v) is 12.8. The summed E-state index contributed by atoms with van der Waals surface area (Å²) in [6.45, 7) is 11.2. The van der Waals surface area contributed by atoms with Crippen LogP contribution in [-0.2, 0) is 30.2 Å². The van der Waals surface area contributed by atoms with Crippen LogP contribution in [0.4, 0.5) is 9.59 Å². The average Bonchev–Trinajstić information content (AvgIpc) is 2.81. The largest absolute Gasteiger partial charge is 0.513 e. The van der Waals surface area contributed by atoms with Gasteiger partial charge >= 0.3 is 24.2 Å². The highest BCUT2D eigenvalue weighted by atomic mass is 16.7. The number of benzene rings is 1. The van der Waals surface area contributed by atoms with Gasteiger partial charge < -0.3 is 34.5 Å². The van der Waals surface area contributed by atoms with Crippen LogP contribution in [0, 0.1) is 11.8 Å². The topological polar surface area (TPSA) is 161 Å². The molecule has 1 unspecified atom stereocenters. The Kier molecular flexibility index (Phi) is 13.6. The zero-order chi connectivity index (χ0) is 28.9. The Hall–Kier alpha value is -3.34. The minimum atomic E-state index is -1.81. The Labute approximate surface area is 223 Å².